The SMILES string of the molecule is COCC1(CNC(=O)C(c2ccncc2)C(C)C)CCCC1. The second kappa shape index (κ2) is 7.73. The van der Waals surface area contributed by atoms with Crippen molar-refractivity contribution < 1.29 is 9.53 Å². The number of aromatic nitrogens is 1. The van der Waals surface area contributed by atoms with E-state index in [0.717, 1.165) is 25.0 Å². The van der Waals surface area contributed by atoms with Crippen molar-refractivity contribution in [1.82, 2.24) is 10.3 Å². The molecule has 2 rings (SSSR count). The minimum absolute atomic E-state index is 0.114. The highest BCUT2D eigenvalue weighted by molar-refractivity contribution is 5.83. The number of carbonyl (C=O) groups is 1. The number of pyridine rings is 1. The monoisotopic (exact) mass is 304 g/mol. The molecule has 1 fully saturated rings. The third kappa shape index (κ3) is 4.07. The van der Waals surface area contributed by atoms with E-state index in [1.165, 1.54) is 12.8 Å². The molecule has 1 aliphatic carbocycles. The van der Waals surface area contributed by atoms with Crippen LogP contribution in [0.1, 0.15) is 51.0 Å². The Kier molecular flexibility index (Phi) is 5.95. The van der Waals surface area contributed by atoms with Gasteiger partial charge in [0.05, 0.1) is 12.5 Å². The molecule has 22 heavy (non-hydrogen) atoms. The number of hydrogen-bond acceptors (Lipinski definition) is 3. The van der Waals surface area contributed by atoms with Crippen LogP contribution in [-0.4, -0.2) is 31.2 Å². The maximum Gasteiger partial charge on any atom is 0.227 e. The number of nitrogens with one attached hydrogen (secondary N) is 1. The molecule has 1 atom stereocenters. The van der Waals surface area contributed by atoms with Gasteiger partial charge in [-0.05, 0) is 36.5 Å². The van der Waals surface area contributed by atoms with Crippen LogP contribution in [0, 0.1) is 11.3 Å². The van der Waals surface area contributed by atoms with Crippen molar-refractivity contribution >= 4 is 5.91 Å². The first-order valence-corrected chi connectivity index (χ1v) is 8.24. The number of ether oxygens (including phenoxy) is 1. The highest BCUT2D eigenvalue weighted by atomic mass is 16.5. The number of nitrogens with zero attached hydrogens (tertiary/aromatic N) is 1. The van der Waals surface area contributed by atoms with Crippen LogP contribution < -0.4 is 5.32 Å². The highest BCUT2D eigenvalue weighted by Crippen LogP contribution is 2.38. The Morgan fingerprint density at radius 1 is 1.32 bits per heavy atom. The van der Waals surface area contributed by atoms with Gasteiger partial charge >= 0.3 is 0 Å². The quantitative estimate of drug-likeness (QED) is 0.842. The Labute approximate surface area is 133 Å². The van der Waals surface area contributed by atoms with E-state index in [0.29, 0.717) is 6.54 Å². The van der Waals surface area contributed by atoms with Crippen molar-refractivity contribution in [2.45, 2.75) is 45.4 Å². The number of carbonyl (C=O) groups excluding carboxylic acids is 1. The molecule has 1 aromatic heterocycles. The minimum atomic E-state index is -0.121. The fourth-order valence-electron chi connectivity index (χ4n) is 3.60. The summed E-state index contributed by atoms with van der Waals surface area (Å²) in [4.78, 5) is 16.8. The molecule has 4 heteroatoms. The fraction of sp³-hybridized carbons (Fsp3) is 0.667. The molecule has 1 aromatic rings. The lowest BCUT2D eigenvalue weighted by Gasteiger charge is -2.30. The van der Waals surface area contributed by atoms with Crippen molar-refractivity contribution in [3.8, 4) is 0 Å². The second-order valence-corrected chi connectivity index (χ2v) is 6.86. The minimum Gasteiger partial charge on any atom is -0.384 e. The van der Waals surface area contributed by atoms with Crippen LogP contribution in [-0.2, 0) is 9.53 Å². The van der Waals surface area contributed by atoms with Gasteiger partial charge in [-0.15, -0.1) is 0 Å². The van der Waals surface area contributed by atoms with Gasteiger partial charge in [-0.1, -0.05) is 26.7 Å². The summed E-state index contributed by atoms with van der Waals surface area (Å²) in [6.07, 6.45) is 8.25. The second-order valence-electron chi connectivity index (χ2n) is 6.86. The molecule has 122 valence electrons. The van der Waals surface area contributed by atoms with E-state index in [1.807, 2.05) is 12.1 Å². The highest BCUT2D eigenvalue weighted by Gasteiger charge is 2.35. The van der Waals surface area contributed by atoms with Gasteiger partial charge in [-0.3, -0.25) is 9.78 Å². The van der Waals surface area contributed by atoms with Crippen molar-refractivity contribution in [2.75, 3.05) is 20.3 Å². The third-order valence-electron chi connectivity index (χ3n) is 4.77. The first-order chi connectivity index (χ1) is 10.6. The van der Waals surface area contributed by atoms with E-state index < -0.39 is 0 Å². The van der Waals surface area contributed by atoms with Crippen molar-refractivity contribution in [2.24, 2.45) is 11.3 Å². The summed E-state index contributed by atoms with van der Waals surface area (Å²) in [5.74, 6) is 0.247. The van der Waals surface area contributed by atoms with Crippen LogP contribution in [0.2, 0.25) is 0 Å². The van der Waals surface area contributed by atoms with E-state index in [4.69, 9.17) is 4.74 Å². The first kappa shape index (κ1) is 16.9. The maximum atomic E-state index is 12.7. The first-order valence-electron chi connectivity index (χ1n) is 8.24. The van der Waals surface area contributed by atoms with Crippen LogP contribution in [0.3, 0.4) is 0 Å². The predicted octanol–water partition coefficient (Wildman–Crippen LogP) is 3.14. The Balaban J connectivity index is 2.02. The van der Waals surface area contributed by atoms with Crippen molar-refractivity contribution in [1.29, 1.82) is 0 Å². The standard InChI is InChI=1S/C18H28N2O2/c1-14(2)16(15-6-10-19-11-7-15)17(21)20-12-18(13-22-3)8-4-5-9-18/h6-7,10-11,14,16H,4-5,8-9,12-13H2,1-3H3,(H,20,21). The molecular weight excluding hydrogens is 276 g/mol. The van der Waals surface area contributed by atoms with E-state index >= 15 is 0 Å². The number of rotatable bonds is 7. The van der Waals surface area contributed by atoms with Crippen LogP contribution >= 0.6 is 0 Å². The zero-order chi connectivity index (χ0) is 16.0. The van der Waals surface area contributed by atoms with Crippen LogP contribution in [0.4, 0.5) is 0 Å². The van der Waals surface area contributed by atoms with Gasteiger partial charge < -0.3 is 10.1 Å². The van der Waals surface area contributed by atoms with E-state index in [9.17, 15) is 4.79 Å². The topological polar surface area (TPSA) is 51.2 Å². The molecule has 1 aliphatic rings. The van der Waals surface area contributed by atoms with E-state index in [1.54, 1.807) is 19.5 Å². The van der Waals surface area contributed by atoms with Crippen LogP contribution in [0.15, 0.2) is 24.5 Å². The molecule has 1 amide bonds. The average Bonchev–Trinajstić information content (AvgIpc) is 2.95. The summed E-state index contributed by atoms with van der Waals surface area (Å²) < 4.78 is 5.39. The van der Waals surface area contributed by atoms with Gasteiger partial charge in [0.1, 0.15) is 0 Å². The van der Waals surface area contributed by atoms with Crippen LogP contribution in [0.25, 0.3) is 0 Å². The lowest BCUT2D eigenvalue weighted by atomic mass is 9.85. The summed E-state index contributed by atoms with van der Waals surface area (Å²) >= 11 is 0. The Morgan fingerprint density at radius 3 is 2.50 bits per heavy atom. The lowest BCUT2D eigenvalue weighted by molar-refractivity contribution is -0.124. The molecule has 1 N–H and O–H groups in total. The zero-order valence-electron chi connectivity index (χ0n) is 14.0. The average molecular weight is 304 g/mol. The molecular formula is C18H28N2O2. The van der Waals surface area contributed by atoms with Crippen molar-refractivity contribution in [3.63, 3.8) is 0 Å². The molecule has 4 nitrogen and oxygen atoms in total. The maximum absolute atomic E-state index is 12.7. The van der Waals surface area contributed by atoms with Gasteiger partial charge in [0.15, 0.2) is 0 Å². The van der Waals surface area contributed by atoms with Gasteiger partial charge in [-0.2, -0.15) is 0 Å². The summed E-state index contributed by atoms with van der Waals surface area (Å²) in [5, 5.41) is 3.19. The summed E-state index contributed by atoms with van der Waals surface area (Å²) in [6.45, 7) is 5.62. The lowest BCUT2D eigenvalue weighted by Crippen LogP contribution is -2.41. The molecule has 1 heterocycles. The molecule has 0 aromatic carbocycles. The molecule has 1 saturated carbocycles. The van der Waals surface area contributed by atoms with Gasteiger partial charge in [-0.25, -0.2) is 0 Å². The van der Waals surface area contributed by atoms with Crippen molar-refractivity contribution in [3.05, 3.63) is 30.1 Å². The molecule has 0 saturated heterocycles. The molecule has 0 spiro atoms. The summed E-state index contributed by atoms with van der Waals surface area (Å²) in [7, 11) is 1.75. The Bertz CT molecular complexity index is 467. The Hall–Kier alpha value is -1.42. The van der Waals surface area contributed by atoms with Gasteiger partial charge in [0.25, 0.3) is 0 Å². The molecule has 0 radical (unpaired) electrons. The smallest absolute Gasteiger partial charge is 0.227 e. The van der Waals surface area contributed by atoms with Gasteiger partial charge in [0.2, 0.25) is 5.91 Å². The normalized spacial score (nSPS) is 18.4. The van der Waals surface area contributed by atoms with Crippen LogP contribution in [0.5, 0.6) is 0 Å². The van der Waals surface area contributed by atoms with E-state index in [-0.39, 0.29) is 23.2 Å². The largest absolute Gasteiger partial charge is 0.384 e. The molecule has 1 unspecified atom stereocenters. The number of hydrogen-bond donors (Lipinski definition) is 1. The summed E-state index contributed by atoms with van der Waals surface area (Å²) in [5.41, 5.74) is 1.17. The number of amides is 1. The third-order valence-corrected chi connectivity index (χ3v) is 4.77. The molecule has 0 aliphatic heterocycles. The van der Waals surface area contributed by atoms with Gasteiger partial charge in [0, 0.05) is 31.5 Å². The fourth-order valence-corrected chi connectivity index (χ4v) is 3.60. The Morgan fingerprint density at radius 2 is 1.95 bits per heavy atom. The number of methoxy groups -OCH3 is 1. The van der Waals surface area contributed by atoms with E-state index in [2.05, 4.69) is 24.1 Å². The zero-order valence-corrected chi connectivity index (χ0v) is 14.0. The predicted molar refractivity (Wildman–Crippen MR) is 87.6 cm³/mol. The molecule has 0 bridgehead atoms. The summed E-state index contributed by atoms with van der Waals surface area (Å²) in [6, 6.07) is 3.87.